The molecular formula is C19H35N3O2. The van der Waals surface area contributed by atoms with E-state index < -0.39 is 0 Å². The van der Waals surface area contributed by atoms with Crippen molar-refractivity contribution >= 4 is 6.03 Å². The van der Waals surface area contributed by atoms with Crippen molar-refractivity contribution in [3.63, 3.8) is 0 Å². The molecule has 24 heavy (non-hydrogen) atoms. The Balaban J connectivity index is 1.38. The van der Waals surface area contributed by atoms with Crippen molar-refractivity contribution < 1.29 is 9.53 Å². The summed E-state index contributed by atoms with van der Waals surface area (Å²) < 4.78 is 5.57. The van der Waals surface area contributed by atoms with Gasteiger partial charge in [-0.15, -0.1) is 0 Å². The molecule has 0 radical (unpaired) electrons. The van der Waals surface area contributed by atoms with Crippen LogP contribution in [0.25, 0.3) is 0 Å². The SMILES string of the molecule is O=C(NCCOCC1CC1)NCC1(N2CCCCC2)CCCCC1. The van der Waals surface area contributed by atoms with Gasteiger partial charge in [0.1, 0.15) is 0 Å². The first-order valence-electron chi connectivity index (χ1n) is 10.1. The number of urea groups is 1. The number of carbonyl (C=O) groups excluding carboxylic acids is 1. The number of carbonyl (C=O) groups is 1. The third-order valence-electron chi connectivity index (χ3n) is 5.97. The first kappa shape index (κ1) is 18.0. The van der Waals surface area contributed by atoms with E-state index in [-0.39, 0.29) is 11.6 Å². The number of nitrogens with one attached hydrogen (secondary N) is 2. The van der Waals surface area contributed by atoms with Crippen LogP contribution >= 0.6 is 0 Å². The number of nitrogens with zero attached hydrogens (tertiary/aromatic N) is 1. The predicted molar refractivity (Wildman–Crippen MR) is 96.2 cm³/mol. The third kappa shape index (κ3) is 5.35. The molecule has 5 nitrogen and oxygen atoms in total. The van der Waals surface area contributed by atoms with Crippen molar-refractivity contribution in [1.82, 2.24) is 15.5 Å². The van der Waals surface area contributed by atoms with Crippen LogP contribution in [0.1, 0.15) is 64.2 Å². The molecule has 0 aromatic carbocycles. The normalized spacial score (nSPS) is 24.5. The molecule has 0 bridgehead atoms. The molecule has 0 aromatic heterocycles. The molecule has 0 unspecified atom stereocenters. The van der Waals surface area contributed by atoms with Crippen molar-refractivity contribution in [1.29, 1.82) is 0 Å². The van der Waals surface area contributed by atoms with Gasteiger partial charge >= 0.3 is 6.03 Å². The van der Waals surface area contributed by atoms with Gasteiger partial charge in [0.25, 0.3) is 0 Å². The summed E-state index contributed by atoms with van der Waals surface area (Å²) in [5.41, 5.74) is 0.207. The Bertz CT molecular complexity index is 386. The largest absolute Gasteiger partial charge is 0.379 e. The Morgan fingerprint density at radius 3 is 2.42 bits per heavy atom. The second kappa shape index (κ2) is 9.04. The molecule has 2 saturated carbocycles. The lowest BCUT2D eigenvalue weighted by Crippen LogP contribution is -2.59. The zero-order valence-corrected chi connectivity index (χ0v) is 15.2. The molecule has 138 valence electrons. The molecule has 3 fully saturated rings. The molecule has 0 aromatic rings. The number of amides is 2. The molecule has 1 aliphatic heterocycles. The lowest BCUT2D eigenvalue weighted by atomic mass is 9.79. The average molecular weight is 338 g/mol. The van der Waals surface area contributed by atoms with E-state index in [1.165, 1.54) is 77.3 Å². The summed E-state index contributed by atoms with van der Waals surface area (Å²) in [5, 5.41) is 6.10. The predicted octanol–water partition coefficient (Wildman–Crippen LogP) is 2.90. The van der Waals surface area contributed by atoms with Gasteiger partial charge in [0.2, 0.25) is 0 Å². The van der Waals surface area contributed by atoms with Gasteiger partial charge in [-0.25, -0.2) is 4.79 Å². The van der Waals surface area contributed by atoms with Gasteiger partial charge in [-0.3, -0.25) is 4.90 Å². The molecule has 0 atom stereocenters. The highest BCUT2D eigenvalue weighted by molar-refractivity contribution is 5.73. The minimum atomic E-state index is -0.0352. The minimum Gasteiger partial charge on any atom is -0.379 e. The van der Waals surface area contributed by atoms with Crippen molar-refractivity contribution in [2.75, 3.05) is 39.4 Å². The maximum Gasteiger partial charge on any atom is 0.314 e. The number of piperidine rings is 1. The molecule has 5 heteroatoms. The van der Waals surface area contributed by atoms with Crippen LogP contribution in [0, 0.1) is 5.92 Å². The van der Waals surface area contributed by atoms with Gasteiger partial charge in [0, 0.05) is 25.2 Å². The van der Waals surface area contributed by atoms with Crippen LogP contribution in [0.3, 0.4) is 0 Å². The van der Waals surface area contributed by atoms with Crippen molar-refractivity contribution in [3.05, 3.63) is 0 Å². The molecule has 1 heterocycles. The minimum absolute atomic E-state index is 0.0352. The van der Waals surface area contributed by atoms with E-state index in [2.05, 4.69) is 15.5 Å². The average Bonchev–Trinajstić information content (AvgIpc) is 3.46. The van der Waals surface area contributed by atoms with E-state index in [0.717, 1.165) is 19.1 Å². The molecule has 1 saturated heterocycles. The van der Waals surface area contributed by atoms with Crippen LogP contribution in [-0.2, 0) is 4.74 Å². The maximum absolute atomic E-state index is 12.1. The summed E-state index contributed by atoms with van der Waals surface area (Å²) >= 11 is 0. The van der Waals surface area contributed by atoms with Crippen LogP contribution in [0.5, 0.6) is 0 Å². The standard InChI is InChI=1S/C19H35N3O2/c23-18(20-11-14-24-15-17-7-8-17)21-16-19(9-3-1-4-10-19)22-12-5-2-6-13-22/h17H,1-16H2,(H2,20,21,23). The first-order chi connectivity index (χ1) is 11.8. The first-order valence-corrected chi connectivity index (χ1v) is 10.1. The molecule has 3 rings (SSSR count). The number of ether oxygens (including phenoxy) is 1. The molecule has 3 aliphatic rings. The van der Waals surface area contributed by atoms with E-state index in [1.54, 1.807) is 0 Å². The van der Waals surface area contributed by atoms with Crippen LogP contribution in [0.4, 0.5) is 4.79 Å². The van der Waals surface area contributed by atoms with E-state index in [4.69, 9.17) is 4.74 Å². The maximum atomic E-state index is 12.1. The number of hydrogen-bond acceptors (Lipinski definition) is 3. The van der Waals surface area contributed by atoms with Crippen LogP contribution in [0.2, 0.25) is 0 Å². The lowest BCUT2D eigenvalue weighted by molar-refractivity contribution is 0.0354. The molecule has 2 amide bonds. The van der Waals surface area contributed by atoms with E-state index in [9.17, 15) is 4.79 Å². The second-order valence-corrected chi connectivity index (χ2v) is 7.96. The Labute approximate surface area is 146 Å². The van der Waals surface area contributed by atoms with E-state index >= 15 is 0 Å². The molecule has 2 aliphatic carbocycles. The highest BCUT2D eigenvalue weighted by Gasteiger charge is 2.38. The fourth-order valence-electron chi connectivity index (χ4n) is 4.26. The fourth-order valence-corrected chi connectivity index (χ4v) is 4.26. The van der Waals surface area contributed by atoms with Crippen LogP contribution < -0.4 is 10.6 Å². The van der Waals surface area contributed by atoms with E-state index in [0.29, 0.717) is 13.2 Å². The van der Waals surface area contributed by atoms with E-state index in [1.807, 2.05) is 0 Å². The van der Waals surface area contributed by atoms with Gasteiger partial charge < -0.3 is 15.4 Å². The zero-order chi connectivity index (χ0) is 16.7. The van der Waals surface area contributed by atoms with Gasteiger partial charge in [-0.2, -0.15) is 0 Å². The van der Waals surface area contributed by atoms with Crippen molar-refractivity contribution in [3.8, 4) is 0 Å². The Kier molecular flexibility index (Phi) is 6.78. The monoisotopic (exact) mass is 337 g/mol. The van der Waals surface area contributed by atoms with Crippen molar-refractivity contribution in [2.45, 2.75) is 69.7 Å². The van der Waals surface area contributed by atoms with Gasteiger partial charge in [0.15, 0.2) is 0 Å². The highest BCUT2D eigenvalue weighted by atomic mass is 16.5. The fraction of sp³-hybridized carbons (Fsp3) is 0.947. The van der Waals surface area contributed by atoms with Gasteiger partial charge in [0.05, 0.1) is 6.61 Å². The smallest absolute Gasteiger partial charge is 0.314 e. The summed E-state index contributed by atoms with van der Waals surface area (Å²) in [6, 6.07) is -0.0352. The van der Waals surface area contributed by atoms with Crippen LogP contribution in [-0.4, -0.2) is 55.9 Å². The Morgan fingerprint density at radius 2 is 1.71 bits per heavy atom. The summed E-state index contributed by atoms with van der Waals surface area (Å²) in [6.07, 6.45) is 13.0. The molecule has 2 N–H and O–H groups in total. The number of likely N-dealkylation sites (tertiary alicyclic amines) is 1. The number of rotatable bonds is 8. The van der Waals surface area contributed by atoms with Crippen molar-refractivity contribution in [2.24, 2.45) is 5.92 Å². The topological polar surface area (TPSA) is 53.6 Å². The zero-order valence-electron chi connectivity index (χ0n) is 15.2. The second-order valence-electron chi connectivity index (χ2n) is 7.96. The summed E-state index contributed by atoms with van der Waals surface area (Å²) in [6.45, 7) is 5.30. The highest BCUT2D eigenvalue weighted by Crippen LogP contribution is 2.35. The molecule has 0 spiro atoms. The summed E-state index contributed by atoms with van der Waals surface area (Å²) in [5.74, 6) is 0.787. The summed E-state index contributed by atoms with van der Waals surface area (Å²) in [7, 11) is 0. The van der Waals surface area contributed by atoms with Gasteiger partial charge in [-0.05, 0) is 57.5 Å². The third-order valence-corrected chi connectivity index (χ3v) is 5.97. The molecular weight excluding hydrogens is 302 g/mol. The summed E-state index contributed by atoms with van der Waals surface area (Å²) in [4.78, 5) is 14.8. The number of hydrogen-bond donors (Lipinski definition) is 2. The van der Waals surface area contributed by atoms with Gasteiger partial charge in [-0.1, -0.05) is 25.7 Å². The lowest BCUT2D eigenvalue weighted by Gasteiger charge is -2.48. The van der Waals surface area contributed by atoms with Crippen LogP contribution in [0.15, 0.2) is 0 Å². The Morgan fingerprint density at radius 1 is 1.00 bits per heavy atom. The quantitative estimate of drug-likeness (QED) is 0.670. The Hall–Kier alpha value is -0.810.